The molecule has 0 aromatic heterocycles. The Hall–Kier alpha value is 0.508. The van der Waals surface area contributed by atoms with Crippen molar-refractivity contribution >= 4 is 36.7 Å². The molecule has 0 aromatic rings. The molecule has 0 radical (unpaired) electrons. The van der Waals surface area contributed by atoms with Gasteiger partial charge >= 0.3 is 26.4 Å². The van der Waals surface area contributed by atoms with Crippen molar-refractivity contribution in [3.63, 3.8) is 0 Å². The van der Waals surface area contributed by atoms with Crippen LogP contribution >= 0.6 is 0 Å². The van der Waals surface area contributed by atoms with E-state index in [4.69, 9.17) is 39.8 Å². The van der Waals surface area contributed by atoms with Crippen molar-refractivity contribution in [2.45, 2.75) is 42.4 Å². The van der Waals surface area contributed by atoms with Crippen LogP contribution in [0.4, 0.5) is 0 Å². The van der Waals surface area contributed by atoms with Crippen molar-refractivity contribution in [1.29, 1.82) is 0 Å². The topological polar surface area (TPSA) is 83.1 Å². The van der Waals surface area contributed by atoms with Gasteiger partial charge in [0.2, 0.25) is 0 Å². The number of hydrogen-bond donors (Lipinski definition) is 0. The van der Waals surface area contributed by atoms with Crippen LogP contribution in [0.1, 0.15) is 20.8 Å². The van der Waals surface area contributed by atoms with Crippen LogP contribution < -0.4 is 0 Å². The van der Waals surface area contributed by atoms with E-state index in [-0.39, 0.29) is 16.6 Å². The predicted octanol–water partition coefficient (Wildman–Crippen LogP) is 1.32. The van der Waals surface area contributed by atoms with Gasteiger partial charge in [-0.1, -0.05) is 20.8 Å². The van der Waals surface area contributed by atoms with Crippen LogP contribution in [0.25, 0.3) is 0 Å². The van der Waals surface area contributed by atoms with Crippen LogP contribution in [-0.2, 0) is 39.8 Å². The van der Waals surface area contributed by atoms with E-state index in [1.54, 1.807) is 64.0 Å². The Bertz CT molecular complexity index is 384. The summed E-state index contributed by atoms with van der Waals surface area (Å²) in [4.78, 5) is 0. The summed E-state index contributed by atoms with van der Waals surface area (Å²) in [5.41, 5.74) is -0.441. The molecule has 0 saturated heterocycles. The molecule has 3 unspecified atom stereocenters. The van der Waals surface area contributed by atoms with Gasteiger partial charge in [-0.15, -0.1) is 0 Å². The van der Waals surface area contributed by atoms with E-state index in [2.05, 4.69) is 20.8 Å². The van der Waals surface area contributed by atoms with Gasteiger partial charge in [0.15, 0.2) is 0 Å². The van der Waals surface area contributed by atoms with Gasteiger partial charge in [-0.25, -0.2) is 0 Å². The fraction of sp³-hybridized carbons (Fsp3) is 1.00. The zero-order valence-corrected chi connectivity index (χ0v) is 25.4. The molecular formula is C16H42O9Si4. The first-order valence-electron chi connectivity index (χ1n) is 9.48. The van der Waals surface area contributed by atoms with Gasteiger partial charge in [0.25, 0.3) is 0 Å². The molecule has 0 heterocycles. The lowest BCUT2D eigenvalue weighted by Gasteiger charge is -2.53. The van der Waals surface area contributed by atoms with E-state index < -0.39 is 31.5 Å². The van der Waals surface area contributed by atoms with Gasteiger partial charge in [-0.05, 0) is 5.04 Å². The maximum atomic E-state index is 5.87. The summed E-state index contributed by atoms with van der Waals surface area (Å²) < 4.78 is 52.9. The van der Waals surface area contributed by atoms with Crippen molar-refractivity contribution in [2.24, 2.45) is 0 Å². The van der Waals surface area contributed by atoms with Crippen molar-refractivity contribution in [2.75, 3.05) is 64.0 Å². The highest BCUT2D eigenvalue weighted by Gasteiger charge is 2.68. The SMILES string of the molecule is CO[Si](OC)(OC)C(C)C([SiH3])(C(C)[Si](OC)(OC)OC)C(C)[Si](OC)(OC)OC. The fourth-order valence-electron chi connectivity index (χ4n) is 4.61. The van der Waals surface area contributed by atoms with Crippen molar-refractivity contribution in [1.82, 2.24) is 0 Å². The molecule has 0 aliphatic rings. The summed E-state index contributed by atoms with van der Waals surface area (Å²) in [6.45, 7) is 6.26. The highest BCUT2D eigenvalue weighted by Crippen LogP contribution is 2.64. The molecule has 13 heteroatoms. The molecule has 0 aliphatic carbocycles. The lowest BCUT2D eigenvalue weighted by atomic mass is 9.96. The lowest BCUT2D eigenvalue weighted by molar-refractivity contribution is 0.0720. The minimum Gasteiger partial charge on any atom is -0.377 e. The first-order chi connectivity index (χ1) is 13.5. The van der Waals surface area contributed by atoms with E-state index in [0.717, 1.165) is 0 Å². The first-order valence-corrected chi connectivity index (χ1v) is 15.9. The molecule has 0 N–H and O–H groups in total. The molecule has 0 amide bonds. The third kappa shape index (κ3) is 4.97. The van der Waals surface area contributed by atoms with Crippen LogP contribution in [0.5, 0.6) is 0 Å². The normalized spacial score (nSPS) is 19.0. The second kappa shape index (κ2) is 11.9. The Morgan fingerprint density at radius 2 is 0.586 bits per heavy atom. The Morgan fingerprint density at radius 1 is 0.448 bits per heavy atom. The highest BCUT2D eigenvalue weighted by molar-refractivity contribution is 6.69. The largest absolute Gasteiger partial charge is 0.503 e. The first kappa shape index (κ1) is 29.5. The van der Waals surface area contributed by atoms with Gasteiger partial charge in [0.1, 0.15) is 0 Å². The molecule has 0 saturated carbocycles. The molecule has 9 nitrogen and oxygen atoms in total. The average Bonchev–Trinajstić information content (AvgIpc) is 2.77. The van der Waals surface area contributed by atoms with Crippen molar-refractivity contribution in [3.05, 3.63) is 0 Å². The summed E-state index contributed by atoms with van der Waals surface area (Å²) in [6.07, 6.45) is 0. The Kier molecular flexibility index (Phi) is 12.1. The smallest absolute Gasteiger partial charge is 0.377 e. The minimum atomic E-state index is -3.07. The Morgan fingerprint density at radius 3 is 0.690 bits per heavy atom. The van der Waals surface area contributed by atoms with Gasteiger partial charge < -0.3 is 39.8 Å². The molecular weight excluding hydrogens is 449 g/mol. The van der Waals surface area contributed by atoms with Crippen molar-refractivity contribution < 1.29 is 39.8 Å². The molecule has 0 bridgehead atoms. The fourth-order valence-corrected chi connectivity index (χ4v) is 16.8. The summed E-state index contributed by atoms with van der Waals surface area (Å²) >= 11 is 0. The van der Waals surface area contributed by atoms with Crippen LogP contribution in [0, 0.1) is 0 Å². The van der Waals surface area contributed by atoms with Gasteiger partial charge in [-0.3, -0.25) is 0 Å². The van der Waals surface area contributed by atoms with E-state index in [1.165, 1.54) is 0 Å². The quantitative estimate of drug-likeness (QED) is 0.316. The van der Waals surface area contributed by atoms with E-state index >= 15 is 0 Å². The summed E-state index contributed by atoms with van der Waals surface area (Å²) in [7, 11) is 6.05. The van der Waals surface area contributed by atoms with Crippen molar-refractivity contribution in [3.8, 4) is 0 Å². The molecule has 0 spiro atoms. The Labute approximate surface area is 183 Å². The minimum absolute atomic E-state index is 0.147. The summed E-state index contributed by atoms with van der Waals surface area (Å²) in [5.74, 6) is 0. The molecule has 3 atom stereocenters. The van der Waals surface area contributed by atoms with Gasteiger partial charge in [0, 0.05) is 90.9 Å². The summed E-state index contributed by atoms with van der Waals surface area (Å²) in [6, 6.07) is 0. The number of rotatable bonds is 15. The zero-order chi connectivity index (χ0) is 23.1. The maximum absolute atomic E-state index is 5.87. The summed E-state index contributed by atoms with van der Waals surface area (Å²) in [5, 5.41) is -0.462. The zero-order valence-electron chi connectivity index (χ0n) is 20.4. The molecule has 0 fully saturated rings. The third-order valence-corrected chi connectivity index (χ3v) is 21.5. The van der Waals surface area contributed by atoms with Crippen LogP contribution in [-0.4, -0.2) is 101 Å². The second-order valence-corrected chi connectivity index (χ2v) is 18.8. The van der Waals surface area contributed by atoms with Crippen LogP contribution in [0.2, 0.25) is 21.7 Å². The third-order valence-electron chi connectivity index (χ3n) is 6.95. The Balaban J connectivity index is 6.91. The monoisotopic (exact) mass is 490 g/mol. The predicted molar refractivity (Wildman–Crippen MR) is 121 cm³/mol. The van der Waals surface area contributed by atoms with Crippen LogP contribution in [0.15, 0.2) is 0 Å². The molecule has 0 aromatic carbocycles. The lowest BCUT2D eigenvalue weighted by Crippen LogP contribution is -2.61. The molecule has 29 heavy (non-hydrogen) atoms. The van der Waals surface area contributed by atoms with E-state index in [9.17, 15) is 0 Å². The second-order valence-electron chi connectivity index (χ2n) is 7.18. The highest BCUT2D eigenvalue weighted by atomic mass is 28.4. The van der Waals surface area contributed by atoms with E-state index in [0.29, 0.717) is 10.2 Å². The number of hydrogen-bond acceptors (Lipinski definition) is 9. The standard InChI is InChI=1S/C16H42O9Si4/c1-13(27(17-4,18-5)19-6)16(26,14(2)28(20-7,21-8)22-9)15(3)29(23-10,24-11)25-12/h13-15H,1-12,26H3. The van der Waals surface area contributed by atoms with Gasteiger partial charge in [0.05, 0.1) is 0 Å². The maximum Gasteiger partial charge on any atom is 0.503 e. The molecule has 0 rings (SSSR count). The average molecular weight is 491 g/mol. The van der Waals surface area contributed by atoms with Gasteiger partial charge in [-0.2, -0.15) is 0 Å². The van der Waals surface area contributed by atoms with E-state index in [1.807, 2.05) is 0 Å². The molecule has 0 aliphatic heterocycles. The molecule has 176 valence electrons. The van der Waals surface area contributed by atoms with Crippen LogP contribution in [0.3, 0.4) is 0 Å².